The molecule has 0 bridgehead atoms. The van der Waals surface area contributed by atoms with Gasteiger partial charge in [0.05, 0.1) is 18.8 Å². The van der Waals surface area contributed by atoms with Crippen molar-refractivity contribution in [2.24, 2.45) is 0 Å². The van der Waals surface area contributed by atoms with E-state index in [1.807, 2.05) is 16.6 Å². The summed E-state index contributed by atoms with van der Waals surface area (Å²) in [5, 5.41) is 12.2. The highest BCUT2D eigenvalue weighted by Crippen LogP contribution is 2.36. The normalized spacial score (nSPS) is 18.8. The first kappa shape index (κ1) is 24.7. The van der Waals surface area contributed by atoms with Crippen LogP contribution in [0.15, 0.2) is 30.9 Å². The molecule has 184 valence electrons. The molecule has 2 atom stereocenters. The number of ether oxygens (including phenoxy) is 1. The predicted molar refractivity (Wildman–Crippen MR) is 121 cm³/mol. The predicted octanol–water partition coefficient (Wildman–Crippen LogP) is 3.73. The van der Waals surface area contributed by atoms with Crippen molar-refractivity contribution in [2.75, 3.05) is 31.8 Å². The lowest BCUT2D eigenvalue weighted by atomic mass is 10.1. The lowest BCUT2D eigenvalue weighted by Gasteiger charge is -2.33. The quantitative estimate of drug-likeness (QED) is 0.394. The number of hydrogen-bond acceptors (Lipinski definition) is 9. The number of imidazole rings is 1. The molecule has 1 aliphatic rings. The minimum absolute atomic E-state index is 0.0000365. The topological polar surface area (TPSA) is 105 Å². The van der Waals surface area contributed by atoms with Crippen LogP contribution in [0.5, 0.6) is 5.88 Å². The number of pyridine rings is 1. The number of methoxy groups -OCH3 is 1. The van der Waals surface area contributed by atoms with Crippen LogP contribution in [0.2, 0.25) is 0 Å². The molecule has 1 aliphatic heterocycles. The number of nitriles is 1. The lowest BCUT2D eigenvalue weighted by molar-refractivity contribution is -0.137. The number of nitrogens with zero attached hydrogens (tertiary/aromatic N) is 7. The van der Waals surface area contributed by atoms with Crippen molar-refractivity contribution in [1.82, 2.24) is 28.8 Å². The first-order chi connectivity index (χ1) is 16.7. The van der Waals surface area contributed by atoms with Crippen molar-refractivity contribution in [2.45, 2.75) is 24.8 Å². The van der Waals surface area contributed by atoms with Gasteiger partial charge in [-0.05, 0) is 18.7 Å². The molecule has 0 amide bonds. The van der Waals surface area contributed by atoms with Gasteiger partial charge in [-0.2, -0.15) is 18.4 Å². The van der Waals surface area contributed by atoms with Crippen LogP contribution in [0.25, 0.3) is 17.1 Å². The monoisotopic (exact) mass is 508 g/mol. The first-order valence-electron chi connectivity index (χ1n) is 10.4. The molecule has 3 aromatic heterocycles. The van der Waals surface area contributed by atoms with Crippen molar-refractivity contribution in [1.29, 1.82) is 5.26 Å². The molecule has 3 aromatic rings. The standard InChI is InChI=1S/C21H20F4N8OS/c1-34-18-4-3-17(15(7-26)29-18)32-10-16(28-11-32)19-12(21(23,24)25)8-27-20(31-19)30-14-5-6-33(35-2)9-13(14)22/h3-4,8,10-11,13-14H,5-6,9H2,1-2H3,(H,27,30,31). The maximum absolute atomic E-state index is 14.6. The summed E-state index contributed by atoms with van der Waals surface area (Å²) in [6, 6.07) is 4.34. The number of anilines is 1. The third-order valence-electron chi connectivity index (χ3n) is 5.44. The van der Waals surface area contributed by atoms with Gasteiger partial charge in [-0.1, -0.05) is 11.9 Å². The third-order valence-corrected chi connectivity index (χ3v) is 6.29. The average molecular weight is 509 g/mol. The van der Waals surface area contributed by atoms with Crippen LogP contribution < -0.4 is 10.1 Å². The fourth-order valence-electron chi connectivity index (χ4n) is 3.64. The second-order valence-corrected chi connectivity index (χ2v) is 8.46. The summed E-state index contributed by atoms with van der Waals surface area (Å²) in [5.74, 6) is 0.0858. The Labute approximate surface area is 202 Å². The largest absolute Gasteiger partial charge is 0.481 e. The zero-order valence-electron chi connectivity index (χ0n) is 18.6. The van der Waals surface area contributed by atoms with Crippen LogP contribution in [0, 0.1) is 11.3 Å². The molecule has 9 nitrogen and oxygen atoms in total. The number of piperidine rings is 1. The maximum Gasteiger partial charge on any atom is 0.420 e. The van der Waals surface area contributed by atoms with Gasteiger partial charge in [0.25, 0.3) is 0 Å². The number of alkyl halides is 4. The Balaban J connectivity index is 1.68. The summed E-state index contributed by atoms with van der Waals surface area (Å²) in [4.78, 5) is 15.9. The molecule has 0 spiro atoms. The molecule has 1 saturated heterocycles. The zero-order valence-corrected chi connectivity index (χ0v) is 19.4. The van der Waals surface area contributed by atoms with E-state index in [2.05, 4.69) is 25.3 Å². The Bertz CT molecular complexity index is 1240. The number of aromatic nitrogens is 5. The Morgan fingerprint density at radius 2 is 2.06 bits per heavy atom. The highest BCUT2D eigenvalue weighted by Gasteiger charge is 2.37. The van der Waals surface area contributed by atoms with E-state index >= 15 is 0 Å². The van der Waals surface area contributed by atoms with Gasteiger partial charge in [-0.25, -0.2) is 28.6 Å². The molecule has 2 unspecified atom stereocenters. The van der Waals surface area contributed by atoms with E-state index < -0.39 is 29.6 Å². The van der Waals surface area contributed by atoms with E-state index in [9.17, 15) is 22.8 Å². The fraction of sp³-hybridized carbons (Fsp3) is 0.381. The SMILES string of the molecule is COc1ccc(-n2cnc(-c3nc(NC4CCN(SC)CC4F)ncc3C(F)(F)F)c2)c(C#N)n1. The highest BCUT2D eigenvalue weighted by atomic mass is 32.2. The van der Waals surface area contributed by atoms with Gasteiger partial charge in [0.2, 0.25) is 11.8 Å². The van der Waals surface area contributed by atoms with Gasteiger partial charge in [-0.15, -0.1) is 0 Å². The Kier molecular flexibility index (Phi) is 7.08. The van der Waals surface area contributed by atoms with Crippen molar-refractivity contribution in [3.05, 3.63) is 42.1 Å². The Morgan fingerprint density at radius 1 is 1.26 bits per heavy atom. The van der Waals surface area contributed by atoms with Crippen LogP contribution in [0.3, 0.4) is 0 Å². The Hall–Kier alpha value is -3.44. The molecule has 35 heavy (non-hydrogen) atoms. The molecular weight excluding hydrogens is 488 g/mol. The Morgan fingerprint density at radius 3 is 2.71 bits per heavy atom. The summed E-state index contributed by atoms with van der Waals surface area (Å²) in [6.07, 6.45) is -0.473. The van der Waals surface area contributed by atoms with Crippen LogP contribution in [0.1, 0.15) is 17.7 Å². The molecule has 0 aliphatic carbocycles. The molecular formula is C21H20F4N8OS. The van der Waals surface area contributed by atoms with Gasteiger partial charge in [0.15, 0.2) is 5.69 Å². The average Bonchev–Trinajstić information content (AvgIpc) is 3.34. The fourth-order valence-corrected chi connectivity index (χ4v) is 4.22. The van der Waals surface area contributed by atoms with Gasteiger partial charge in [0.1, 0.15) is 35.5 Å². The van der Waals surface area contributed by atoms with Crippen molar-refractivity contribution in [3.8, 4) is 29.0 Å². The molecule has 0 radical (unpaired) electrons. The molecule has 4 rings (SSSR count). The molecule has 1 N–H and O–H groups in total. The van der Waals surface area contributed by atoms with Crippen LogP contribution >= 0.6 is 11.9 Å². The number of halogens is 4. The van der Waals surface area contributed by atoms with Gasteiger partial charge in [0, 0.05) is 31.5 Å². The van der Waals surface area contributed by atoms with Crippen LogP contribution in [-0.4, -0.2) is 67.5 Å². The van der Waals surface area contributed by atoms with Crippen LogP contribution in [-0.2, 0) is 6.18 Å². The van der Waals surface area contributed by atoms with E-state index in [0.29, 0.717) is 24.8 Å². The second kappa shape index (κ2) is 10.0. The summed E-state index contributed by atoms with van der Waals surface area (Å²) in [6.45, 7) is 0.808. The summed E-state index contributed by atoms with van der Waals surface area (Å²) < 4.78 is 64.0. The van der Waals surface area contributed by atoms with Gasteiger partial charge in [-0.3, -0.25) is 0 Å². The van der Waals surface area contributed by atoms with E-state index in [1.165, 1.54) is 48.3 Å². The molecule has 1 fully saturated rings. The first-order valence-corrected chi connectivity index (χ1v) is 11.6. The molecule has 0 aromatic carbocycles. The number of hydrogen-bond donors (Lipinski definition) is 1. The minimum atomic E-state index is -4.75. The molecule has 0 saturated carbocycles. The third kappa shape index (κ3) is 5.30. The van der Waals surface area contributed by atoms with Crippen molar-refractivity contribution in [3.63, 3.8) is 0 Å². The highest BCUT2D eigenvalue weighted by molar-refractivity contribution is 7.96. The lowest BCUT2D eigenvalue weighted by Crippen LogP contribution is -2.45. The molecule has 4 heterocycles. The van der Waals surface area contributed by atoms with E-state index in [-0.39, 0.29) is 29.8 Å². The second-order valence-electron chi connectivity index (χ2n) is 7.58. The summed E-state index contributed by atoms with van der Waals surface area (Å²) >= 11 is 1.43. The number of nitrogens with one attached hydrogen (secondary N) is 1. The summed E-state index contributed by atoms with van der Waals surface area (Å²) in [7, 11) is 1.40. The minimum Gasteiger partial charge on any atom is -0.481 e. The van der Waals surface area contributed by atoms with Crippen molar-refractivity contribution < 1.29 is 22.3 Å². The van der Waals surface area contributed by atoms with Crippen LogP contribution in [0.4, 0.5) is 23.5 Å². The van der Waals surface area contributed by atoms with Crippen molar-refractivity contribution >= 4 is 17.9 Å². The molecule has 14 heteroatoms. The number of rotatable bonds is 6. The smallest absolute Gasteiger partial charge is 0.420 e. The maximum atomic E-state index is 14.6. The van der Waals surface area contributed by atoms with E-state index in [4.69, 9.17) is 4.74 Å². The summed E-state index contributed by atoms with van der Waals surface area (Å²) in [5.41, 5.74) is -1.35. The van der Waals surface area contributed by atoms with E-state index in [1.54, 1.807) is 0 Å². The van der Waals surface area contributed by atoms with Gasteiger partial charge < -0.3 is 14.6 Å². The zero-order chi connectivity index (χ0) is 25.2. The van der Waals surface area contributed by atoms with Gasteiger partial charge >= 0.3 is 6.18 Å². The van der Waals surface area contributed by atoms with E-state index in [0.717, 1.165) is 0 Å².